The molecule has 1 amide bonds. The third-order valence-corrected chi connectivity index (χ3v) is 5.79. The second kappa shape index (κ2) is 14.2. The van der Waals surface area contributed by atoms with Gasteiger partial charge in [0.25, 0.3) is 0 Å². The van der Waals surface area contributed by atoms with E-state index in [-0.39, 0.29) is 12.7 Å². The number of unbranched alkanes of at least 4 members (excludes halogenated alkanes) is 11. The topological polar surface area (TPSA) is 59.0 Å². The zero-order valence-electron chi connectivity index (χ0n) is 21.1. The predicted octanol–water partition coefficient (Wildman–Crippen LogP) is 6.98. The summed E-state index contributed by atoms with van der Waals surface area (Å²) < 4.78 is 11.6. The average Bonchev–Trinajstić information content (AvgIpc) is 2.93. The van der Waals surface area contributed by atoms with Crippen LogP contribution < -0.4 is 0 Å². The second-order valence-corrected chi connectivity index (χ2v) is 10.4. The lowest BCUT2D eigenvalue weighted by Crippen LogP contribution is -2.51. The van der Waals surface area contributed by atoms with Gasteiger partial charge in [-0.2, -0.15) is 0 Å². The van der Waals surface area contributed by atoms with Gasteiger partial charge in [0, 0.05) is 0 Å². The Balaban J connectivity index is 2.30. The summed E-state index contributed by atoms with van der Waals surface area (Å²) in [7, 11) is 0. The Morgan fingerprint density at radius 1 is 1.00 bits per heavy atom. The van der Waals surface area contributed by atoms with Crippen LogP contribution in [0.3, 0.4) is 0 Å². The summed E-state index contributed by atoms with van der Waals surface area (Å²) in [6.45, 7) is 11.3. The van der Waals surface area contributed by atoms with E-state index in [4.69, 9.17) is 9.47 Å². The van der Waals surface area contributed by atoms with Gasteiger partial charge in [-0.1, -0.05) is 83.3 Å². The summed E-state index contributed by atoms with van der Waals surface area (Å²) in [6, 6.07) is -0.432. The van der Waals surface area contributed by atoms with Crippen molar-refractivity contribution in [3.63, 3.8) is 0 Å². The lowest BCUT2D eigenvalue weighted by Gasteiger charge is -2.34. The number of carbonyl (C=O) groups excluding carboxylic acids is 1. The van der Waals surface area contributed by atoms with Crippen LogP contribution in [0.25, 0.3) is 0 Å². The van der Waals surface area contributed by atoms with Crippen LogP contribution in [-0.2, 0) is 9.47 Å². The predicted molar refractivity (Wildman–Crippen MR) is 128 cm³/mol. The van der Waals surface area contributed by atoms with Gasteiger partial charge in [-0.15, -0.1) is 0 Å². The van der Waals surface area contributed by atoms with Gasteiger partial charge < -0.3 is 14.6 Å². The van der Waals surface area contributed by atoms with Crippen LogP contribution in [0, 0.1) is 0 Å². The zero-order valence-corrected chi connectivity index (χ0v) is 21.1. The highest BCUT2D eigenvalue weighted by atomic mass is 16.6. The molecule has 0 spiro atoms. The first-order valence-corrected chi connectivity index (χ1v) is 12.6. The molecule has 0 unspecified atom stereocenters. The van der Waals surface area contributed by atoms with Crippen molar-refractivity contribution in [2.45, 2.75) is 142 Å². The van der Waals surface area contributed by atoms with E-state index in [2.05, 4.69) is 13.0 Å². The van der Waals surface area contributed by atoms with Gasteiger partial charge in [-0.05, 0) is 47.5 Å². The summed E-state index contributed by atoms with van der Waals surface area (Å²) in [4.78, 5) is 14.2. The van der Waals surface area contributed by atoms with Crippen molar-refractivity contribution in [3.8, 4) is 0 Å². The summed E-state index contributed by atoms with van der Waals surface area (Å²) in [6.07, 6.45) is 19.1. The maximum Gasteiger partial charge on any atom is 0.413 e. The van der Waals surface area contributed by atoms with Crippen molar-refractivity contribution in [2.75, 3.05) is 6.61 Å². The standard InChI is InChI=1S/C26H49NO4/c1-7-8-9-10-11-12-13-14-15-16-17-18-19-20-23-22(21-28)27(26(5,6)30-23)24(29)31-25(2,3)4/h19-20,22-23,28H,7-18,21H2,1-6H3/b20-19+/t22-,23+/m0/s1. The number of hydrogen-bond donors (Lipinski definition) is 1. The van der Waals surface area contributed by atoms with Crippen LogP contribution in [0.2, 0.25) is 0 Å². The number of amides is 1. The molecule has 1 saturated heterocycles. The molecule has 0 bridgehead atoms. The van der Waals surface area contributed by atoms with E-state index in [1.54, 1.807) is 0 Å². The maximum atomic E-state index is 12.7. The summed E-state index contributed by atoms with van der Waals surface area (Å²) in [5.74, 6) is 0. The summed E-state index contributed by atoms with van der Waals surface area (Å²) in [5.41, 5.74) is -1.41. The van der Waals surface area contributed by atoms with Crippen LogP contribution in [0.15, 0.2) is 12.2 Å². The van der Waals surface area contributed by atoms with E-state index >= 15 is 0 Å². The minimum atomic E-state index is -0.818. The lowest BCUT2D eigenvalue weighted by molar-refractivity contribution is -0.0724. The highest BCUT2D eigenvalue weighted by Gasteiger charge is 2.50. The van der Waals surface area contributed by atoms with Crippen molar-refractivity contribution in [2.24, 2.45) is 0 Å². The van der Waals surface area contributed by atoms with Crippen molar-refractivity contribution in [1.29, 1.82) is 0 Å². The number of ether oxygens (including phenoxy) is 2. The van der Waals surface area contributed by atoms with Crippen LogP contribution in [0.1, 0.15) is 119 Å². The van der Waals surface area contributed by atoms with Gasteiger partial charge in [0.05, 0.1) is 12.6 Å². The molecular weight excluding hydrogens is 390 g/mol. The van der Waals surface area contributed by atoms with E-state index in [1.165, 1.54) is 75.5 Å². The van der Waals surface area contributed by atoms with Gasteiger partial charge in [0.1, 0.15) is 17.4 Å². The van der Waals surface area contributed by atoms with Crippen molar-refractivity contribution < 1.29 is 19.4 Å². The molecule has 0 saturated carbocycles. The smallest absolute Gasteiger partial charge is 0.413 e. The minimum absolute atomic E-state index is 0.157. The van der Waals surface area contributed by atoms with Gasteiger partial charge in [-0.3, -0.25) is 4.90 Å². The molecule has 5 nitrogen and oxygen atoms in total. The molecular formula is C26H49NO4. The number of aliphatic hydroxyl groups is 1. The average molecular weight is 440 g/mol. The highest BCUT2D eigenvalue weighted by Crippen LogP contribution is 2.34. The molecule has 2 atom stereocenters. The first-order chi connectivity index (χ1) is 14.6. The molecule has 1 aliphatic heterocycles. The minimum Gasteiger partial charge on any atom is -0.444 e. The van der Waals surface area contributed by atoms with Crippen LogP contribution >= 0.6 is 0 Å². The first-order valence-electron chi connectivity index (χ1n) is 12.6. The Morgan fingerprint density at radius 3 is 2.00 bits per heavy atom. The zero-order chi connectivity index (χ0) is 23.3. The molecule has 1 fully saturated rings. The fraction of sp³-hybridized carbons (Fsp3) is 0.885. The van der Waals surface area contributed by atoms with E-state index < -0.39 is 23.5 Å². The number of hydrogen-bond acceptors (Lipinski definition) is 4. The molecule has 0 aromatic rings. The molecule has 1 aliphatic rings. The molecule has 5 heteroatoms. The molecule has 31 heavy (non-hydrogen) atoms. The molecule has 1 rings (SSSR count). The van der Waals surface area contributed by atoms with Crippen LogP contribution in [0.5, 0.6) is 0 Å². The lowest BCUT2D eigenvalue weighted by atomic mass is 10.0. The maximum absolute atomic E-state index is 12.7. The van der Waals surface area contributed by atoms with Crippen molar-refractivity contribution in [1.82, 2.24) is 4.90 Å². The normalized spacial score (nSPS) is 21.2. The van der Waals surface area contributed by atoms with Crippen molar-refractivity contribution >= 4 is 6.09 Å². The number of aliphatic hydroxyl groups excluding tert-OH is 1. The monoisotopic (exact) mass is 439 g/mol. The van der Waals surface area contributed by atoms with E-state index in [1.807, 2.05) is 40.7 Å². The molecule has 0 aromatic heterocycles. The van der Waals surface area contributed by atoms with Gasteiger partial charge in [0.2, 0.25) is 0 Å². The quantitative estimate of drug-likeness (QED) is 0.234. The molecule has 182 valence electrons. The van der Waals surface area contributed by atoms with Gasteiger partial charge >= 0.3 is 6.09 Å². The molecule has 0 aromatic carbocycles. The fourth-order valence-corrected chi connectivity index (χ4v) is 4.19. The van der Waals surface area contributed by atoms with Crippen LogP contribution in [0.4, 0.5) is 4.79 Å². The number of allylic oxidation sites excluding steroid dienone is 1. The highest BCUT2D eigenvalue weighted by molar-refractivity contribution is 5.70. The molecule has 0 radical (unpaired) electrons. The Morgan fingerprint density at radius 2 is 1.52 bits per heavy atom. The van der Waals surface area contributed by atoms with Crippen LogP contribution in [-0.4, -0.2) is 46.2 Å². The van der Waals surface area contributed by atoms with Gasteiger partial charge in [-0.25, -0.2) is 4.79 Å². The molecule has 1 N–H and O–H groups in total. The number of nitrogens with zero attached hydrogens (tertiary/aromatic N) is 1. The SMILES string of the molecule is CCCCCCCCCCCCC/C=C/[C@H]1OC(C)(C)N(C(=O)OC(C)(C)C)[C@H]1CO. The number of rotatable bonds is 14. The largest absolute Gasteiger partial charge is 0.444 e. The fourth-order valence-electron chi connectivity index (χ4n) is 4.19. The second-order valence-electron chi connectivity index (χ2n) is 10.4. The molecule has 0 aliphatic carbocycles. The Hall–Kier alpha value is -1.07. The Kier molecular flexibility index (Phi) is 12.8. The third-order valence-electron chi connectivity index (χ3n) is 5.79. The first kappa shape index (κ1) is 28.0. The van der Waals surface area contributed by atoms with E-state index in [9.17, 15) is 9.90 Å². The van der Waals surface area contributed by atoms with Crippen molar-refractivity contribution in [3.05, 3.63) is 12.2 Å². The third kappa shape index (κ3) is 10.9. The summed E-state index contributed by atoms with van der Waals surface area (Å²) >= 11 is 0. The summed E-state index contributed by atoms with van der Waals surface area (Å²) in [5, 5.41) is 9.93. The Labute approximate surface area is 191 Å². The Bertz CT molecular complexity index is 524. The van der Waals surface area contributed by atoms with Gasteiger partial charge in [0.15, 0.2) is 0 Å². The number of carbonyl (C=O) groups is 1. The van der Waals surface area contributed by atoms with E-state index in [0.29, 0.717) is 0 Å². The molecule has 1 heterocycles. The van der Waals surface area contributed by atoms with E-state index in [0.717, 1.165) is 6.42 Å².